The van der Waals surface area contributed by atoms with Crippen molar-refractivity contribution >= 4 is 109 Å². The smallest absolute Gasteiger partial charge is 0.407 e. The maximum absolute atomic E-state index is 13.7. The van der Waals surface area contributed by atoms with E-state index in [4.69, 9.17) is 47.4 Å². The van der Waals surface area contributed by atoms with Gasteiger partial charge in [0.2, 0.25) is 11.8 Å². The zero-order chi connectivity index (χ0) is 110. The molecule has 6 aliphatic rings. The number of carbonyl (C=O) groups excluding carboxylic acids is 7. The minimum atomic E-state index is -3.69. The lowest BCUT2D eigenvalue weighted by atomic mass is 9.91. The summed E-state index contributed by atoms with van der Waals surface area (Å²) in [5, 5.41) is 71.7. The Morgan fingerprint density at radius 1 is 0.480 bits per heavy atom. The molecule has 0 bridgehead atoms. The molecule has 4 aromatic carbocycles. The molecule has 12 heterocycles. The number of alkyl carbamates (subject to hydrolysis) is 2. The normalized spacial score (nSPS) is 21.0. The van der Waals surface area contributed by atoms with Gasteiger partial charge >= 0.3 is 18.2 Å². The number of aryl methyl sites for hydroxylation is 4. The number of carboxylic acid groups (broad SMARTS) is 1. The molecule has 0 spiro atoms. The summed E-state index contributed by atoms with van der Waals surface area (Å²) in [4.78, 5) is 167. The highest BCUT2D eigenvalue weighted by Gasteiger charge is 2.52. The largest absolute Gasteiger partial charge is 0.481 e. The lowest BCUT2D eigenvalue weighted by Gasteiger charge is -2.29. The Labute approximate surface area is 881 Å². The van der Waals surface area contributed by atoms with E-state index in [1.54, 1.807) is 106 Å². The number of ether oxygens (including phenoxy) is 2. The summed E-state index contributed by atoms with van der Waals surface area (Å²) >= 11 is 4.73. The monoisotopic (exact) mass is 2150 g/mol. The summed E-state index contributed by atoms with van der Waals surface area (Å²) in [5.74, 6) is -3.01. The first kappa shape index (κ1) is 117. The molecule has 12 atom stereocenters. The molecule has 150 heavy (non-hydrogen) atoms. The fraction of sp³-hybridized carbons (Fsp3) is 0.495. The van der Waals surface area contributed by atoms with Crippen molar-refractivity contribution in [2.75, 3.05) is 45.9 Å². The molecule has 3 fully saturated rings. The molecule has 7 amide bonds. The zero-order valence-corrected chi connectivity index (χ0v) is 90.9. The number of amidine groups is 3. The number of rotatable bonds is 31. The predicted octanol–water partition coefficient (Wildman–Crippen LogP) is 12.5. The number of amides is 7. The van der Waals surface area contributed by atoms with Gasteiger partial charge in [-0.1, -0.05) is 132 Å². The Kier molecular flexibility index (Phi) is 39.9. The highest BCUT2D eigenvalue weighted by Crippen LogP contribution is 2.42. The van der Waals surface area contributed by atoms with Crippen LogP contribution in [0, 0.1) is 45.4 Å². The molecule has 3 saturated heterocycles. The fourth-order valence-corrected chi connectivity index (χ4v) is 20.9. The van der Waals surface area contributed by atoms with Crippen molar-refractivity contribution in [1.29, 1.82) is 0 Å². The van der Waals surface area contributed by atoms with E-state index in [-0.39, 0.29) is 121 Å². The molecule has 6 aliphatic heterocycles. The number of unbranched alkanes of at least 4 members (excludes halogenated alkanes) is 4. The van der Waals surface area contributed by atoms with Crippen LogP contribution >= 0.6 is 34.0 Å². The van der Waals surface area contributed by atoms with Gasteiger partial charge in [0.15, 0.2) is 33.9 Å². The minimum Gasteiger partial charge on any atom is -0.481 e. The highest BCUT2D eigenvalue weighted by atomic mass is 32.2. The third-order valence-corrected chi connectivity index (χ3v) is 29.8. The van der Waals surface area contributed by atoms with Crippen LogP contribution in [0.3, 0.4) is 0 Å². The number of H-pyrrole nitrogens is 3. The molecule has 0 saturated carbocycles. The second kappa shape index (κ2) is 51.1. The van der Waals surface area contributed by atoms with E-state index in [1.165, 1.54) is 40.1 Å². The molecule has 6 aromatic heterocycles. The number of aliphatic hydroxyl groups is 4. The minimum absolute atomic E-state index is 0.0931. The van der Waals surface area contributed by atoms with E-state index in [1.807, 2.05) is 161 Å². The van der Waals surface area contributed by atoms with E-state index in [9.17, 15) is 76.5 Å². The van der Waals surface area contributed by atoms with Crippen molar-refractivity contribution in [1.82, 2.24) is 72.1 Å². The summed E-state index contributed by atoms with van der Waals surface area (Å²) < 4.78 is 54.3. The van der Waals surface area contributed by atoms with Crippen molar-refractivity contribution in [3.8, 4) is 31.3 Å². The number of aliphatic hydroxyl groups excluding tert-OH is 4. The number of aliphatic carboxylic acids is 1. The molecule has 9 unspecified atom stereocenters. The summed E-state index contributed by atoms with van der Waals surface area (Å²) in [6.07, 6.45) is 2.97. The summed E-state index contributed by atoms with van der Waals surface area (Å²) in [7, 11) is -3.69. The number of nitrogens with zero attached hydrogens (tertiary/aromatic N) is 8. The van der Waals surface area contributed by atoms with Crippen molar-refractivity contribution in [2.45, 2.75) is 276 Å². The summed E-state index contributed by atoms with van der Waals surface area (Å²) in [6.45, 7) is 37.1. The number of benzene rings is 4. The van der Waals surface area contributed by atoms with E-state index in [0.717, 1.165) is 103 Å². The first-order valence-electron chi connectivity index (χ1n) is 49.6. The second-order valence-electron chi connectivity index (χ2n) is 40.9. The fourth-order valence-electron chi connectivity index (χ4n) is 17.6. The van der Waals surface area contributed by atoms with Crippen LogP contribution in [0.4, 0.5) is 9.59 Å². The van der Waals surface area contributed by atoms with E-state index in [2.05, 4.69) is 67.3 Å². The number of likely N-dealkylation sites (tertiary alicyclic amines) is 2. The molecule has 10 aromatic rings. The van der Waals surface area contributed by atoms with Crippen LogP contribution < -0.4 is 48.6 Å². The molecular formula is C105H137N17O24S4. The van der Waals surface area contributed by atoms with Crippen molar-refractivity contribution in [3.63, 3.8) is 0 Å². The number of thiazole rings is 3. The summed E-state index contributed by atoms with van der Waals surface area (Å²) in [5.41, 5.74) is 9.25. The molecule has 16 rings (SSSR count). The highest BCUT2D eigenvalue weighted by molar-refractivity contribution is 7.86. The molecule has 810 valence electrons. The average molecular weight is 2150 g/mol. The van der Waals surface area contributed by atoms with Crippen LogP contribution in [0.15, 0.2) is 180 Å². The molecule has 0 radical (unpaired) electrons. The number of aromatic nitrogens is 6. The van der Waals surface area contributed by atoms with Gasteiger partial charge in [0.05, 0.1) is 96.2 Å². The van der Waals surface area contributed by atoms with Crippen molar-refractivity contribution in [3.05, 3.63) is 219 Å². The number of aromatic amines is 3. The third kappa shape index (κ3) is 30.4. The average Bonchev–Trinajstić information content (AvgIpc) is 1.59. The Morgan fingerprint density at radius 3 is 1.13 bits per heavy atom. The van der Waals surface area contributed by atoms with Gasteiger partial charge in [0.25, 0.3) is 44.5 Å². The predicted molar refractivity (Wildman–Crippen MR) is 566 cm³/mol. The number of hydrogen-bond acceptors (Lipinski definition) is 33. The number of carbonyl (C=O) groups is 8. The number of carboxylic acids is 1. The Balaban J connectivity index is 0.000000177. The first-order chi connectivity index (χ1) is 70.7. The van der Waals surface area contributed by atoms with E-state index >= 15 is 0 Å². The van der Waals surface area contributed by atoms with Gasteiger partial charge < -0.3 is 90.3 Å². The topological polar surface area (TPSA) is 592 Å². The van der Waals surface area contributed by atoms with Crippen LogP contribution in [-0.2, 0) is 69.2 Å². The number of nitrogens with one attached hydrogen (secondary N) is 9. The van der Waals surface area contributed by atoms with Gasteiger partial charge in [-0.05, 0) is 198 Å². The third-order valence-electron chi connectivity index (χ3n) is 25.5. The van der Waals surface area contributed by atoms with Crippen LogP contribution in [0.5, 0.6) is 0 Å². The maximum Gasteiger partial charge on any atom is 0.407 e. The second-order valence-corrected chi connectivity index (χ2v) is 45.1. The molecule has 14 N–H and O–H groups in total. The maximum atomic E-state index is 13.7. The van der Waals surface area contributed by atoms with Gasteiger partial charge in [-0.25, -0.2) is 39.5 Å². The molecule has 41 nitrogen and oxygen atoms in total. The van der Waals surface area contributed by atoms with Gasteiger partial charge in [-0.15, -0.1) is 34.0 Å². The van der Waals surface area contributed by atoms with Gasteiger partial charge in [0, 0.05) is 70.4 Å². The SMILES string of the molecule is CC(C)(C)OC(=O)NCCCCCO.CC(C)C(C(=O)O)c1cc(=O)[nH]o1.Cc1ccc(S(=O)(=O)OCCCCCNC(=O)OC(C)(C)C)cc1.Cc1ncsc1-c1ccc(C2(C)N=C(C3C[C@@H](O)CN3)NC2=O)cc1.Cc1ncsc1-c1ccc(C2(C)N=C(C3C[C@@H](O)CN3C(=O)C(c3cc(=O)[nH]o3)C(C)C)NC2=O)cc1.Cc1ncsc1-c1ccc(C2(C)N=C(C3C[C@@H](O)CN3C(=O)C(c3cc(=O)[nH]o3)C(C)C)NC2=O)cc1. The Bertz CT molecular complexity index is 6500. The Morgan fingerprint density at radius 2 is 0.827 bits per heavy atom. The summed E-state index contributed by atoms with van der Waals surface area (Å²) in [6, 6.07) is 32.2. The van der Waals surface area contributed by atoms with E-state index < -0.39 is 115 Å². The van der Waals surface area contributed by atoms with E-state index in [0.29, 0.717) is 50.0 Å². The molecular weight excluding hydrogens is 2010 g/mol. The van der Waals surface area contributed by atoms with Crippen molar-refractivity contribution in [2.24, 2.45) is 32.7 Å². The van der Waals surface area contributed by atoms with Crippen molar-refractivity contribution < 1.29 is 99.5 Å². The first-order valence-corrected chi connectivity index (χ1v) is 53.7. The standard InChI is InChI=1S/2C26H29N5O5S.C18H20N4O2S.C17H27NO5S.C10H21NO3.C8H11NO4/c2*1-13(2)21(19-10-20(33)30-36-19)24(34)31-11-17(32)9-18(31)23-28-25(35)26(4,29-23)16-7-5-15(6-8-16)22-14(3)27-12-37-22;1-10-15(25-9-20-10)11-3-5-12(6-4-11)18(2)17(24)21-16(22-18)14-7-13(23)8-19-14;1-14-8-10-15(11-9-14)24(20,21)22-13-7-5-6-12-18-16(19)23-17(2,3)4;1-10(2,3)14-9(13)11-7-5-4-6-8-12;1-4(2)7(8(11)12)5-3-6(10)9-13-5/h2*5-8,10,12-13,17-18,21,32H,9,11H2,1-4H3,(H,30,33)(H,28,29,35);3-6,9,13-14,19,23H,7-8H2,1-2H3,(H,21,22,24);8-11H,5-7,12-13H2,1-4H3,(H,18,19);12H,4-8H2,1-3H3,(H,11,13);3-4,7H,1-2H3,(H,9,10)(H,11,12)/t2*17-,18?,21?,26?;13-,14?,18?;;;/m111.../s1. The van der Waals surface area contributed by atoms with Gasteiger partial charge in [-0.2, -0.15) is 23.9 Å². The van der Waals surface area contributed by atoms with Crippen LogP contribution in [0.1, 0.15) is 236 Å². The quantitative estimate of drug-likeness (QED) is 0.0142. The van der Waals surface area contributed by atoms with Crippen LogP contribution in [0.25, 0.3) is 31.3 Å². The number of hydrogen-bond donors (Lipinski definition) is 14. The molecule has 45 heteroatoms. The Hall–Kier alpha value is -13.1. The van der Waals surface area contributed by atoms with Gasteiger partial charge in [-0.3, -0.25) is 47.3 Å². The lowest BCUT2D eigenvalue weighted by Crippen LogP contribution is -2.48. The zero-order valence-electron chi connectivity index (χ0n) is 87.6. The number of aliphatic imine (C=N–C) groups is 3. The van der Waals surface area contributed by atoms with Crippen LogP contribution in [-0.4, -0.2) is 233 Å². The molecule has 0 aliphatic carbocycles. The van der Waals surface area contributed by atoms with Gasteiger partial charge in [0.1, 0.15) is 46.5 Å². The number of β-amino-alcohol motifs (C(OH)–C–C–N with tert-alkyl or cyclic N) is 3. The van der Waals surface area contributed by atoms with Crippen LogP contribution in [0.2, 0.25) is 0 Å². The lowest BCUT2D eigenvalue weighted by molar-refractivity contribution is -0.140.